The third kappa shape index (κ3) is 3.33. The van der Waals surface area contributed by atoms with E-state index in [1.54, 1.807) is 24.3 Å². The maximum Gasteiger partial charge on any atom is 0.422 e. The van der Waals surface area contributed by atoms with Gasteiger partial charge in [0, 0.05) is 10.6 Å². The van der Waals surface area contributed by atoms with Gasteiger partial charge in [-0.25, -0.2) is 0 Å². The lowest BCUT2D eigenvalue weighted by Crippen LogP contribution is -2.33. The summed E-state index contributed by atoms with van der Waals surface area (Å²) in [5, 5.41) is 9.51. The molecule has 106 valence electrons. The molecule has 0 fully saturated rings. The lowest BCUT2D eigenvalue weighted by molar-refractivity contribution is -0.906. The fourth-order valence-electron chi connectivity index (χ4n) is 1.54. The van der Waals surface area contributed by atoms with Crippen LogP contribution in [0.2, 0.25) is 0 Å². The molecule has 0 atom stereocenters. The van der Waals surface area contributed by atoms with E-state index < -0.39 is 11.7 Å². The molecule has 1 aromatic heterocycles. The largest absolute Gasteiger partial charge is 0.422 e. The van der Waals surface area contributed by atoms with E-state index in [2.05, 4.69) is 0 Å². The van der Waals surface area contributed by atoms with Gasteiger partial charge in [-0.3, -0.25) is 5.21 Å². The summed E-state index contributed by atoms with van der Waals surface area (Å²) in [6, 6.07) is 8.57. The zero-order chi connectivity index (χ0) is 14.8. The molecular formula is C13H10ClF3NO2+. The van der Waals surface area contributed by atoms with Gasteiger partial charge in [0.25, 0.3) is 0 Å². The molecule has 0 unspecified atom stereocenters. The van der Waals surface area contributed by atoms with Crippen molar-refractivity contribution < 1.29 is 27.8 Å². The SMILES string of the molecule is O[n+]1cc(C(F)(F)F)ccc1Oc1cccc(CCl)c1. The summed E-state index contributed by atoms with van der Waals surface area (Å²) in [5.41, 5.74) is -0.178. The zero-order valence-corrected chi connectivity index (χ0v) is 10.8. The third-order valence-corrected chi connectivity index (χ3v) is 2.80. The molecule has 0 aliphatic heterocycles. The topological polar surface area (TPSA) is 33.3 Å². The Morgan fingerprint density at radius 3 is 2.55 bits per heavy atom. The summed E-state index contributed by atoms with van der Waals surface area (Å²) in [6.45, 7) is 0. The average Bonchev–Trinajstić information content (AvgIpc) is 2.40. The van der Waals surface area contributed by atoms with Crippen LogP contribution in [-0.2, 0) is 12.1 Å². The van der Waals surface area contributed by atoms with E-state index in [4.69, 9.17) is 16.3 Å². The molecule has 3 nitrogen and oxygen atoms in total. The van der Waals surface area contributed by atoms with Crippen LogP contribution in [0.25, 0.3) is 0 Å². The average molecular weight is 305 g/mol. The molecule has 0 saturated carbocycles. The second-order valence-electron chi connectivity index (χ2n) is 3.98. The van der Waals surface area contributed by atoms with Gasteiger partial charge in [-0.15, -0.1) is 11.6 Å². The molecular weight excluding hydrogens is 295 g/mol. The number of alkyl halides is 4. The lowest BCUT2D eigenvalue weighted by atomic mass is 10.2. The summed E-state index contributed by atoms with van der Waals surface area (Å²) in [4.78, 5) is 0. The maximum atomic E-state index is 12.4. The molecule has 0 saturated heterocycles. The molecule has 0 amide bonds. The monoisotopic (exact) mass is 304 g/mol. The first-order chi connectivity index (χ1) is 9.40. The normalized spacial score (nSPS) is 11.4. The van der Waals surface area contributed by atoms with E-state index in [0.29, 0.717) is 11.9 Å². The van der Waals surface area contributed by atoms with Gasteiger partial charge in [-0.05, 0) is 23.8 Å². The minimum absolute atomic E-state index is 0.135. The molecule has 0 bridgehead atoms. The van der Waals surface area contributed by atoms with Crippen molar-refractivity contribution in [3.63, 3.8) is 0 Å². The smallest absolute Gasteiger partial charge is 0.402 e. The second-order valence-corrected chi connectivity index (χ2v) is 4.25. The highest BCUT2D eigenvalue weighted by molar-refractivity contribution is 6.17. The zero-order valence-electron chi connectivity index (χ0n) is 10.1. The van der Waals surface area contributed by atoms with Crippen molar-refractivity contribution in [2.45, 2.75) is 12.1 Å². The van der Waals surface area contributed by atoms with Crippen LogP contribution in [0.15, 0.2) is 42.6 Å². The van der Waals surface area contributed by atoms with Gasteiger partial charge in [-0.1, -0.05) is 12.1 Å². The summed E-state index contributed by atoms with van der Waals surface area (Å²) < 4.78 is 42.9. The Balaban J connectivity index is 2.25. The Morgan fingerprint density at radius 2 is 1.95 bits per heavy atom. The predicted octanol–water partition coefficient (Wildman–Crippen LogP) is 3.76. The van der Waals surface area contributed by atoms with Crippen LogP contribution >= 0.6 is 11.6 Å². The third-order valence-electron chi connectivity index (χ3n) is 2.50. The number of aromatic nitrogens is 1. The molecule has 0 radical (unpaired) electrons. The molecule has 1 aromatic carbocycles. The number of benzene rings is 1. The Kier molecular flexibility index (Phi) is 4.04. The first-order valence-electron chi connectivity index (χ1n) is 5.55. The van der Waals surface area contributed by atoms with Crippen LogP contribution in [0, 0.1) is 0 Å². The van der Waals surface area contributed by atoms with Crippen molar-refractivity contribution in [2.75, 3.05) is 0 Å². The van der Waals surface area contributed by atoms with Gasteiger partial charge in [-0.2, -0.15) is 13.2 Å². The van der Waals surface area contributed by atoms with Crippen LogP contribution in [0.4, 0.5) is 13.2 Å². The molecule has 2 aromatic rings. The molecule has 2 rings (SSSR count). The first-order valence-corrected chi connectivity index (χ1v) is 6.08. The molecule has 0 spiro atoms. The van der Waals surface area contributed by atoms with Crippen molar-refractivity contribution >= 4 is 11.6 Å². The van der Waals surface area contributed by atoms with E-state index in [1.807, 2.05) is 0 Å². The number of pyridine rings is 1. The number of nitrogens with zero attached hydrogens (tertiary/aromatic N) is 1. The van der Waals surface area contributed by atoms with E-state index >= 15 is 0 Å². The van der Waals surface area contributed by atoms with Gasteiger partial charge in [0.15, 0.2) is 0 Å². The van der Waals surface area contributed by atoms with E-state index in [-0.39, 0.29) is 16.5 Å². The Bertz CT molecular complexity index is 617. The van der Waals surface area contributed by atoms with E-state index in [9.17, 15) is 18.4 Å². The summed E-state index contributed by atoms with van der Waals surface area (Å²) >= 11 is 5.67. The van der Waals surface area contributed by atoms with Crippen molar-refractivity contribution in [1.29, 1.82) is 0 Å². The van der Waals surface area contributed by atoms with Crippen LogP contribution in [0.5, 0.6) is 11.6 Å². The van der Waals surface area contributed by atoms with Crippen molar-refractivity contribution in [3.8, 4) is 11.6 Å². The van der Waals surface area contributed by atoms with E-state index in [1.165, 1.54) is 0 Å². The van der Waals surface area contributed by atoms with Crippen molar-refractivity contribution in [2.24, 2.45) is 0 Å². The number of halogens is 4. The van der Waals surface area contributed by atoms with Gasteiger partial charge in [0.05, 0.1) is 6.07 Å². The van der Waals surface area contributed by atoms with Crippen molar-refractivity contribution in [3.05, 3.63) is 53.7 Å². The summed E-state index contributed by atoms with van der Waals surface area (Å²) in [5.74, 6) is 0.513. The van der Waals surface area contributed by atoms with Crippen LogP contribution < -0.4 is 9.47 Å². The minimum atomic E-state index is -4.53. The number of hydrogen-bond donors (Lipinski definition) is 1. The Morgan fingerprint density at radius 1 is 1.20 bits per heavy atom. The molecule has 20 heavy (non-hydrogen) atoms. The standard InChI is InChI=1S/C13H10ClF3NO2/c14-7-9-2-1-3-11(6-9)20-12-5-4-10(8-18(12)19)13(15,16)17/h1-6,8,19H,7H2/q+1. The number of hydrogen-bond acceptors (Lipinski definition) is 2. The highest BCUT2D eigenvalue weighted by Gasteiger charge is 2.34. The highest BCUT2D eigenvalue weighted by atomic mass is 35.5. The lowest BCUT2D eigenvalue weighted by Gasteiger charge is -2.06. The predicted molar refractivity (Wildman–Crippen MR) is 64.9 cm³/mol. The van der Waals surface area contributed by atoms with Crippen LogP contribution in [0.1, 0.15) is 11.1 Å². The summed E-state index contributed by atoms with van der Waals surface area (Å²) in [7, 11) is 0. The van der Waals surface area contributed by atoms with Crippen LogP contribution in [0.3, 0.4) is 0 Å². The fraction of sp³-hybridized carbons (Fsp3) is 0.154. The molecule has 1 heterocycles. The van der Waals surface area contributed by atoms with Gasteiger partial charge < -0.3 is 4.74 Å². The molecule has 0 aliphatic rings. The quantitative estimate of drug-likeness (QED) is 0.532. The fourth-order valence-corrected chi connectivity index (χ4v) is 1.70. The van der Waals surface area contributed by atoms with Crippen molar-refractivity contribution in [1.82, 2.24) is 0 Å². The number of ether oxygens (including phenoxy) is 1. The Labute approximate surface area is 117 Å². The van der Waals surface area contributed by atoms with E-state index in [0.717, 1.165) is 17.7 Å². The van der Waals surface area contributed by atoms with Gasteiger partial charge in [0.1, 0.15) is 11.3 Å². The first kappa shape index (κ1) is 14.5. The molecule has 7 heteroatoms. The molecule has 0 aliphatic carbocycles. The minimum Gasteiger partial charge on any atom is -0.402 e. The Hall–Kier alpha value is -1.95. The number of rotatable bonds is 3. The van der Waals surface area contributed by atoms with Gasteiger partial charge in [0.2, 0.25) is 6.20 Å². The summed E-state index contributed by atoms with van der Waals surface area (Å²) in [6.07, 6.45) is -3.98. The second kappa shape index (κ2) is 5.58. The maximum absolute atomic E-state index is 12.4. The van der Waals surface area contributed by atoms with Gasteiger partial charge >= 0.3 is 12.1 Å². The highest BCUT2D eigenvalue weighted by Crippen LogP contribution is 2.29. The van der Waals surface area contributed by atoms with Crippen LogP contribution in [-0.4, -0.2) is 5.21 Å². The molecule has 1 N–H and O–H groups in total.